The Balaban J connectivity index is 2.57. The number of halogens is 3. The van der Waals surface area contributed by atoms with Gasteiger partial charge in [-0.3, -0.25) is 5.84 Å². The molecule has 3 N–H and O–H groups in total. The molecule has 0 saturated carbocycles. The molecule has 0 amide bonds. The highest BCUT2D eigenvalue weighted by atomic mass is 127. The van der Waals surface area contributed by atoms with E-state index in [4.69, 9.17) is 5.84 Å². The highest BCUT2D eigenvalue weighted by Gasteiger charge is 2.21. The number of hydrogen-bond acceptors (Lipinski definition) is 2. The van der Waals surface area contributed by atoms with Crippen LogP contribution in [0.1, 0.15) is 22.7 Å². The molecule has 100 valence electrons. The molecule has 2 rings (SSSR count). The first kappa shape index (κ1) is 14.4. The molecule has 0 aliphatic heterocycles. The lowest BCUT2D eigenvalue weighted by atomic mass is 9.97. The van der Waals surface area contributed by atoms with Gasteiger partial charge in [-0.1, -0.05) is 30.3 Å². The lowest BCUT2D eigenvalue weighted by Gasteiger charge is -2.20. The Hall–Kier alpha value is -1.05. The van der Waals surface area contributed by atoms with Crippen LogP contribution in [0.5, 0.6) is 0 Å². The summed E-state index contributed by atoms with van der Waals surface area (Å²) >= 11 is 2.18. The Bertz CT molecular complexity index is 550. The summed E-state index contributed by atoms with van der Waals surface area (Å²) in [6, 6.07) is 9.19. The number of hydrazine groups is 1. The highest BCUT2D eigenvalue weighted by Crippen LogP contribution is 2.29. The molecule has 0 heterocycles. The van der Waals surface area contributed by atoms with E-state index >= 15 is 0 Å². The van der Waals surface area contributed by atoms with Gasteiger partial charge in [-0.05, 0) is 46.7 Å². The first-order chi connectivity index (χ1) is 9.06. The molecule has 0 spiro atoms. The minimum atomic E-state index is -0.875. The topological polar surface area (TPSA) is 38.0 Å². The smallest absolute Gasteiger partial charge is 0.163 e. The van der Waals surface area contributed by atoms with Crippen molar-refractivity contribution in [2.24, 2.45) is 5.84 Å². The molecule has 0 aliphatic rings. The number of rotatable bonds is 3. The fraction of sp³-hybridized carbons (Fsp3) is 0.143. The van der Waals surface area contributed by atoms with Crippen LogP contribution in [0.15, 0.2) is 36.4 Å². The van der Waals surface area contributed by atoms with Crippen molar-refractivity contribution in [3.63, 3.8) is 0 Å². The van der Waals surface area contributed by atoms with Crippen molar-refractivity contribution in [3.8, 4) is 0 Å². The van der Waals surface area contributed by atoms with E-state index in [-0.39, 0.29) is 5.56 Å². The summed E-state index contributed by atoms with van der Waals surface area (Å²) in [6.45, 7) is 1.96. The highest BCUT2D eigenvalue weighted by molar-refractivity contribution is 14.1. The summed E-state index contributed by atoms with van der Waals surface area (Å²) in [5, 5.41) is 0. The predicted molar refractivity (Wildman–Crippen MR) is 79.4 cm³/mol. The van der Waals surface area contributed by atoms with Crippen molar-refractivity contribution in [1.82, 2.24) is 5.43 Å². The Morgan fingerprint density at radius 2 is 1.74 bits per heavy atom. The SMILES string of the molecule is Cc1cccc(C(NN)c2cccc(F)c2F)c1I. The van der Waals surface area contributed by atoms with Gasteiger partial charge in [0.2, 0.25) is 0 Å². The molecule has 1 atom stereocenters. The van der Waals surface area contributed by atoms with Gasteiger partial charge in [0.15, 0.2) is 11.6 Å². The van der Waals surface area contributed by atoms with Crippen molar-refractivity contribution >= 4 is 22.6 Å². The fourth-order valence-electron chi connectivity index (χ4n) is 1.98. The first-order valence-corrected chi connectivity index (χ1v) is 6.79. The zero-order valence-corrected chi connectivity index (χ0v) is 12.4. The van der Waals surface area contributed by atoms with Gasteiger partial charge >= 0.3 is 0 Å². The molecule has 2 nitrogen and oxygen atoms in total. The molecular formula is C14H13F2IN2. The molecule has 2 aromatic rings. The summed E-state index contributed by atoms with van der Waals surface area (Å²) < 4.78 is 28.2. The largest absolute Gasteiger partial charge is 0.271 e. The maximum atomic E-state index is 13.9. The molecule has 2 aromatic carbocycles. The van der Waals surface area contributed by atoms with Gasteiger partial charge in [-0.2, -0.15) is 0 Å². The average Bonchev–Trinajstić information content (AvgIpc) is 2.40. The van der Waals surface area contributed by atoms with E-state index in [9.17, 15) is 8.78 Å². The molecule has 0 radical (unpaired) electrons. The number of nitrogens with one attached hydrogen (secondary N) is 1. The Morgan fingerprint density at radius 3 is 2.42 bits per heavy atom. The average molecular weight is 374 g/mol. The molecule has 0 bridgehead atoms. The van der Waals surface area contributed by atoms with E-state index in [2.05, 4.69) is 28.0 Å². The van der Waals surface area contributed by atoms with Gasteiger partial charge in [0, 0.05) is 9.13 Å². The normalized spacial score (nSPS) is 12.5. The first-order valence-electron chi connectivity index (χ1n) is 5.71. The van der Waals surface area contributed by atoms with Crippen LogP contribution in [0, 0.1) is 22.1 Å². The van der Waals surface area contributed by atoms with Crippen LogP contribution in [0.25, 0.3) is 0 Å². The Morgan fingerprint density at radius 1 is 1.11 bits per heavy atom. The summed E-state index contributed by atoms with van der Waals surface area (Å²) in [4.78, 5) is 0. The van der Waals surface area contributed by atoms with Crippen molar-refractivity contribution in [3.05, 3.63) is 68.3 Å². The van der Waals surface area contributed by atoms with Crippen molar-refractivity contribution < 1.29 is 8.78 Å². The number of benzene rings is 2. The standard InChI is InChI=1S/C14H13F2IN2/c1-8-4-2-6-10(13(8)17)14(19-18)9-5-3-7-11(15)12(9)16/h2-7,14,19H,18H2,1H3. The van der Waals surface area contributed by atoms with E-state index < -0.39 is 17.7 Å². The van der Waals surface area contributed by atoms with Gasteiger partial charge in [0.05, 0.1) is 6.04 Å². The maximum Gasteiger partial charge on any atom is 0.163 e. The molecule has 19 heavy (non-hydrogen) atoms. The van der Waals surface area contributed by atoms with E-state index in [1.54, 1.807) is 0 Å². The molecule has 1 unspecified atom stereocenters. The summed E-state index contributed by atoms with van der Waals surface area (Å²) in [6.07, 6.45) is 0. The molecule has 0 saturated heterocycles. The minimum Gasteiger partial charge on any atom is -0.271 e. The third-order valence-corrected chi connectivity index (χ3v) is 4.47. The van der Waals surface area contributed by atoms with E-state index in [1.165, 1.54) is 12.1 Å². The van der Waals surface area contributed by atoms with Crippen LogP contribution in [0.3, 0.4) is 0 Å². The Kier molecular flexibility index (Phi) is 4.49. The lowest BCUT2D eigenvalue weighted by molar-refractivity contribution is 0.482. The quantitative estimate of drug-likeness (QED) is 0.491. The van der Waals surface area contributed by atoms with Crippen LogP contribution in [-0.4, -0.2) is 0 Å². The van der Waals surface area contributed by atoms with Gasteiger partial charge in [0.25, 0.3) is 0 Å². The minimum absolute atomic E-state index is 0.200. The van der Waals surface area contributed by atoms with Crippen LogP contribution < -0.4 is 11.3 Å². The number of nitrogens with two attached hydrogens (primary N) is 1. The Labute approximate surface area is 124 Å². The number of aryl methyl sites for hydroxylation is 1. The van der Waals surface area contributed by atoms with Crippen LogP contribution in [0.2, 0.25) is 0 Å². The number of hydrogen-bond donors (Lipinski definition) is 2. The molecular weight excluding hydrogens is 361 g/mol. The molecule has 5 heteroatoms. The molecule has 0 aliphatic carbocycles. The summed E-state index contributed by atoms with van der Waals surface area (Å²) in [5.41, 5.74) is 4.65. The lowest BCUT2D eigenvalue weighted by Crippen LogP contribution is -2.30. The second-order valence-electron chi connectivity index (χ2n) is 4.22. The van der Waals surface area contributed by atoms with Gasteiger partial charge in [-0.25, -0.2) is 14.2 Å². The fourth-order valence-corrected chi connectivity index (χ4v) is 2.65. The maximum absolute atomic E-state index is 13.9. The van der Waals surface area contributed by atoms with Crippen molar-refractivity contribution in [2.75, 3.05) is 0 Å². The van der Waals surface area contributed by atoms with Crippen LogP contribution in [-0.2, 0) is 0 Å². The second-order valence-corrected chi connectivity index (χ2v) is 5.30. The van der Waals surface area contributed by atoms with Crippen molar-refractivity contribution in [1.29, 1.82) is 0 Å². The second kappa shape index (κ2) is 5.94. The van der Waals surface area contributed by atoms with E-state index in [1.807, 2.05) is 25.1 Å². The molecule has 0 aromatic heterocycles. The van der Waals surface area contributed by atoms with Crippen molar-refractivity contribution in [2.45, 2.75) is 13.0 Å². The van der Waals surface area contributed by atoms with Gasteiger partial charge in [0.1, 0.15) is 0 Å². The third-order valence-electron chi connectivity index (χ3n) is 2.99. The van der Waals surface area contributed by atoms with Crippen LogP contribution >= 0.6 is 22.6 Å². The van der Waals surface area contributed by atoms with Gasteiger partial charge < -0.3 is 0 Å². The monoisotopic (exact) mass is 374 g/mol. The third kappa shape index (κ3) is 2.77. The zero-order chi connectivity index (χ0) is 14.0. The zero-order valence-electron chi connectivity index (χ0n) is 10.3. The van der Waals surface area contributed by atoms with Crippen LogP contribution in [0.4, 0.5) is 8.78 Å². The van der Waals surface area contributed by atoms with E-state index in [0.29, 0.717) is 0 Å². The molecule has 0 fully saturated rings. The van der Waals surface area contributed by atoms with E-state index in [0.717, 1.165) is 20.8 Å². The predicted octanol–water partition coefficient (Wildman–Crippen LogP) is 3.43. The van der Waals surface area contributed by atoms with Gasteiger partial charge in [-0.15, -0.1) is 0 Å². The summed E-state index contributed by atoms with van der Waals surface area (Å²) in [7, 11) is 0. The summed E-state index contributed by atoms with van der Waals surface area (Å²) in [5.74, 6) is 3.79.